The first-order valence-electron chi connectivity index (χ1n) is 6.83. The molecule has 0 aromatic heterocycles. The van der Waals surface area contributed by atoms with E-state index in [-0.39, 0.29) is 22.6 Å². The Morgan fingerprint density at radius 1 is 1.32 bits per heavy atom. The SMILES string of the molecule is CC1(CNC(=O)c2cc(N)cc(F)c2)CCCCC1. The Kier molecular flexibility index (Phi) is 4.08. The maximum Gasteiger partial charge on any atom is 0.251 e. The van der Waals surface area contributed by atoms with Crippen LogP contribution in [0.1, 0.15) is 49.4 Å². The van der Waals surface area contributed by atoms with Crippen molar-refractivity contribution in [3.8, 4) is 0 Å². The predicted octanol–water partition coefficient (Wildman–Crippen LogP) is 3.11. The first kappa shape index (κ1) is 13.8. The zero-order valence-corrected chi connectivity index (χ0v) is 11.3. The van der Waals surface area contributed by atoms with Gasteiger partial charge in [0.05, 0.1) is 0 Å². The van der Waals surface area contributed by atoms with E-state index in [1.165, 1.54) is 37.5 Å². The van der Waals surface area contributed by atoms with Crippen LogP contribution in [0.25, 0.3) is 0 Å². The van der Waals surface area contributed by atoms with Crippen molar-refractivity contribution in [1.82, 2.24) is 5.32 Å². The summed E-state index contributed by atoms with van der Waals surface area (Å²) in [6.07, 6.45) is 6.00. The third kappa shape index (κ3) is 3.69. The van der Waals surface area contributed by atoms with Crippen molar-refractivity contribution in [1.29, 1.82) is 0 Å². The first-order chi connectivity index (χ1) is 8.98. The number of hydrogen-bond acceptors (Lipinski definition) is 2. The van der Waals surface area contributed by atoms with E-state index in [0.29, 0.717) is 6.54 Å². The van der Waals surface area contributed by atoms with E-state index < -0.39 is 5.82 Å². The molecule has 1 aromatic carbocycles. The normalized spacial score (nSPS) is 18.0. The van der Waals surface area contributed by atoms with Crippen LogP contribution in [0.15, 0.2) is 18.2 Å². The smallest absolute Gasteiger partial charge is 0.251 e. The van der Waals surface area contributed by atoms with Gasteiger partial charge in [0, 0.05) is 17.8 Å². The highest BCUT2D eigenvalue weighted by atomic mass is 19.1. The predicted molar refractivity (Wildman–Crippen MR) is 74.3 cm³/mol. The minimum absolute atomic E-state index is 0.173. The second-order valence-electron chi connectivity index (χ2n) is 5.83. The van der Waals surface area contributed by atoms with Gasteiger partial charge in [0.15, 0.2) is 0 Å². The molecule has 1 amide bonds. The average Bonchev–Trinajstić information content (AvgIpc) is 2.36. The van der Waals surface area contributed by atoms with Gasteiger partial charge in [-0.2, -0.15) is 0 Å². The lowest BCUT2D eigenvalue weighted by atomic mass is 9.76. The lowest BCUT2D eigenvalue weighted by Crippen LogP contribution is -2.37. The Morgan fingerprint density at radius 3 is 2.63 bits per heavy atom. The van der Waals surface area contributed by atoms with Crippen molar-refractivity contribution in [3.05, 3.63) is 29.6 Å². The summed E-state index contributed by atoms with van der Waals surface area (Å²) in [5.41, 5.74) is 6.28. The molecular weight excluding hydrogens is 243 g/mol. The Hall–Kier alpha value is -1.58. The Labute approximate surface area is 113 Å². The van der Waals surface area contributed by atoms with Gasteiger partial charge in [-0.25, -0.2) is 4.39 Å². The summed E-state index contributed by atoms with van der Waals surface area (Å²) in [5, 5.41) is 2.90. The minimum Gasteiger partial charge on any atom is -0.399 e. The molecule has 0 spiro atoms. The minimum atomic E-state index is -0.478. The van der Waals surface area contributed by atoms with Gasteiger partial charge in [-0.15, -0.1) is 0 Å². The lowest BCUT2D eigenvalue weighted by molar-refractivity contribution is 0.0919. The molecule has 0 aliphatic heterocycles. The number of nitrogens with two attached hydrogens (primary N) is 1. The van der Waals surface area contributed by atoms with Crippen LogP contribution in [0.4, 0.5) is 10.1 Å². The summed E-state index contributed by atoms with van der Waals surface area (Å²) >= 11 is 0. The van der Waals surface area contributed by atoms with Crippen LogP contribution in [0.3, 0.4) is 0 Å². The topological polar surface area (TPSA) is 55.1 Å². The monoisotopic (exact) mass is 264 g/mol. The molecule has 0 unspecified atom stereocenters. The number of anilines is 1. The molecule has 2 rings (SSSR count). The van der Waals surface area contributed by atoms with Crippen molar-refractivity contribution in [2.24, 2.45) is 5.41 Å². The standard InChI is InChI=1S/C15H21FN2O/c1-15(5-3-2-4-6-15)10-18-14(19)11-7-12(16)9-13(17)8-11/h7-9H,2-6,10,17H2,1H3,(H,18,19). The molecule has 0 atom stereocenters. The second-order valence-corrected chi connectivity index (χ2v) is 5.83. The Balaban J connectivity index is 1.97. The second kappa shape index (κ2) is 5.59. The van der Waals surface area contributed by atoms with E-state index in [1.807, 2.05) is 0 Å². The highest BCUT2D eigenvalue weighted by molar-refractivity contribution is 5.95. The summed E-state index contributed by atoms with van der Waals surface area (Å²) < 4.78 is 13.2. The fraction of sp³-hybridized carbons (Fsp3) is 0.533. The van der Waals surface area contributed by atoms with E-state index in [2.05, 4.69) is 12.2 Å². The molecule has 3 N–H and O–H groups in total. The molecule has 0 radical (unpaired) electrons. The van der Waals surface area contributed by atoms with E-state index in [9.17, 15) is 9.18 Å². The van der Waals surface area contributed by atoms with Crippen molar-refractivity contribution in [3.63, 3.8) is 0 Å². The van der Waals surface area contributed by atoms with Gasteiger partial charge in [0.2, 0.25) is 0 Å². The number of carbonyl (C=O) groups is 1. The zero-order valence-electron chi connectivity index (χ0n) is 11.3. The molecule has 19 heavy (non-hydrogen) atoms. The Morgan fingerprint density at radius 2 is 2.00 bits per heavy atom. The van der Waals surface area contributed by atoms with Crippen LogP contribution in [-0.4, -0.2) is 12.5 Å². The average molecular weight is 264 g/mol. The number of halogens is 1. The van der Waals surface area contributed by atoms with Crippen molar-refractivity contribution < 1.29 is 9.18 Å². The van der Waals surface area contributed by atoms with Gasteiger partial charge in [0.25, 0.3) is 5.91 Å². The number of amides is 1. The molecule has 0 bridgehead atoms. The summed E-state index contributed by atoms with van der Waals surface area (Å²) in [4.78, 5) is 12.0. The lowest BCUT2D eigenvalue weighted by Gasteiger charge is -2.33. The number of nitrogens with one attached hydrogen (secondary N) is 1. The van der Waals surface area contributed by atoms with Crippen LogP contribution in [-0.2, 0) is 0 Å². The maximum absolute atomic E-state index is 13.2. The molecule has 1 fully saturated rings. The van der Waals surface area contributed by atoms with Gasteiger partial charge in [-0.1, -0.05) is 26.2 Å². The highest BCUT2D eigenvalue weighted by Crippen LogP contribution is 2.34. The third-order valence-electron chi connectivity index (χ3n) is 3.92. The quantitative estimate of drug-likeness (QED) is 0.824. The molecule has 1 aromatic rings. The molecule has 1 saturated carbocycles. The molecule has 0 saturated heterocycles. The molecular formula is C15H21FN2O. The van der Waals surface area contributed by atoms with Crippen LogP contribution < -0.4 is 11.1 Å². The number of rotatable bonds is 3. The van der Waals surface area contributed by atoms with Crippen LogP contribution in [0, 0.1) is 11.2 Å². The van der Waals surface area contributed by atoms with Gasteiger partial charge in [-0.05, 0) is 36.5 Å². The summed E-state index contributed by atoms with van der Waals surface area (Å²) in [7, 11) is 0. The summed E-state index contributed by atoms with van der Waals surface area (Å²) in [6, 6.07) is 3.93. The number of hydrogen-bond donors (Lipinski definition) is 2. The molecule has 1 aliphatic rings. The maximum atomic E-state index is 13.2. The van der Waals surface area contributed by atoms with E-state index >= 15 is 0 Å². The summed E-state index contributed by atoms with van der Waals surface area (Å²) in [6.45, 7) is 2.84. The molecule has 4 heteroatoms. The van der Waals surface area contributed by atoms with E-state index in [0.717, 1.165) is 12.8 Å². The number of nitrogen functional groups attached to an aromatic ring is 1. The third-order valence-corrected chi connectivity index (χ3v) is 3.92. The van der Waals surface area contributed by atoms with E-state index in [1.54, 1.807) is 0 Å². The van der Waals surface area contributed by atoms with Crippen molar-refractivity contribution in [2.45, 2.75) is 39.0 Å². The zero-order chi connectivity index (χ0) is 13.9. The summed E-state index contributed by atoms with van der Waals surface area (Å²) in [5.74, 6) is -0.730. The van der Waals surface area contributed by atoms with Gasteiger partial charge >= 0.3 is 0 Å². The van der Waals surface area contributed by atoms with Gasteiger partial charge in [-0.3, -0.25) is 4.79 Å². The largest absolute Gasteiger partial charge is 0.399 e. The molecule has 0 heterocycles. The molecule has 3 nitrogen and oxygen atoms in total. The number of benzene rings is 1. The van der Waals surface area contributed by atoms with E-state index in [4.69, 9.17) is 5.73 Å². The van der Waals surface area contributed by atoms with Crippen LogP contribution in [0.2, 0.25) is 0 Å². The fourth-order valence-corrected chi connectivity index (χ4v) is 2.72. The number of carbonyl (C=O) groups excluding carboxylic acids is 1. The fourth-order valence-electron chi connectivity index (χ4n) is 2.72. The first-order valence-corrected chi connectivity index (χ1v) is 6.83. The van der Waals surface area contributed by atoms with Crippen LogP contribution >= 0.6 is 0 Å². The van der Waals surface area contributed by atoms with Crippen molar-refractivity contribution >= 4 is 11.6 Å². The Bertz CT molecular complexity index is 447. The highest BCUT2D eigenvalue weighted by Gasteiger charge is 2.27. The van der Waals surface area contributed by atoms with Crippen molar-refractivity contribution in [2.75, 3.05) is 12.3 Å². The molecule has 104 valence electrons. The van der Waals surface area contributed by atoms with Gasteiger partial charge in [0.1, 0.15) is 5.82 Å². The van der Waals surface area contributed by atoms with Crippen LogP contribution in [0.5, 0.6) is 0 Å². The van der Waals surface area contributed by atoms with Gasteiger partial charge < -0.3 is 11.1 Å². The molecule has 1 aliphatic carbocycles.